The average molecular weight is 200 g/mol. The molecule has 0 saturated heterocycles. The summed E-state index contributed by atoms with van der Waals surface area (Å²) in [6.07, 6.45) is 7.38. The van der Waals surface area contributed by atoms with E-state index in [0.717, 1.165) is 6.42 Å². The first-order valence-electron chi connectivity index (χ1n) is 5.61. The van der Waals surface area contributed by atoms with Crippen molar-refractivity contribution in [2.45, 2.75) is 33.1 Å². The summed E-state index contributed by atoms with van der Waals surface area (Å²) in [6, 6.07) is 6.42. The second-order valence-corrected chi connectivity index (χ2v) is 3.92. The Morgan fingerprint density at radius 2 is 2.13 bits per heavy atom. The van der Waals surface area contributed by atoms with Gasteiger partial charge < -0.3 is 0 Å². The van der Waals surface area contributed by atoms with E-state index in [4.69, 9.17) is 0 Å². The van der Waals surface area contributed by atoms with E-state index in [0.29, 0.717) is 5.92 Å². The van der Waals surface area contributed by atoms with Crippen LogP contribution in [0.2, 0.25) is 0 Å². The van der Waals surface area contributed by atoms with Gasteiger partial charge in [0.25, 0.3) is 0 Å². The molecule has 0 aliphatic carbocycles. The van der Waals surface area contributed by atoms with Gasteiger partial charge in [0.1, 0.15) is 0 Å². The van der Waals surface area contributed by atoms with E-state index in [2.05, 4.69) is 50.8 Å². The second-order valence-electron chi connectivity index (χ2n) is 3.92. The van der Waals surface area contributed by atoms with Gasteiger partial charge in [-0.3, -0.25) is 0 Å². The van der Waals surface area contributed by atoms with E-state index in [1.165, 1.54) is 16.0 Å². The Hall–Kier alpha value is -1.30. The van der Waals surface area contributed by atoms with Crippen molar-refractivity contribution in [2.75, 3.05) is 0 Å². The third-order valence-electron chi connectivity index (χ3n) is 2.86. The Balaban J connectivity index is 3.29. The summed E-state index contributed by atoms with van der Waals surface area (Å²) in [5.74, 6) is 0.594. The van der Waals surface area contributed by atoms with E-state index in [1.807, 2.05) is 13.0 Å². The summed E-state index contributed by atoms with van der Waals surface area (Å²) in [7, 11) is 0. The highest BCUT2D eigenvalue weighted by molar-refractivity contribution is 5.39. The molecule has 0 bridgehead atoms. The number of rotatable bonds is 3. The molecular formula is C15H20. The molecule has 1 unspecified atom stereocenters. The third-order valence-corrected chi connectivity index (χ3v) is 2.86. The molecule has 0 nitrogen and oxygen atoms in total. The van der Waals surface area contributed by atoms with Crippen LogP contribution in [0.15, 0.2) is 30.4 Å². The lowest BCUT2D eigenvalue weighted by molar-refractivity contribution is 0.728. The number of benzene rings is 1. The van der Waals surface area contributed by atoms with Crippen molar-refractivity contribution < 1.29 is 0 Å². The van der Waals surface area contributed by atoms with Gasteiger partial charge in [0, 0.05) is 0 Å². The summed E-state index contributed by atoms with van der Waals surface area (Å²) < 4.78 is 0. The molecule has 0 radical (unpaired) electrons. The van der Waals surface area contributed by atoms with E-state index in [1.54, 1.807) is 0 Å². The van der Waals surface area contributed by atoms with Crippen molar-refractivity contribution >= 4 is 12.7 Å². The van der Waals surface area contributed by atoms with E-state index in [-0.39, 0.29) is 0 Å². The van der Waals surface area contributed by atoms with E-state index >= 15 is 0 Å². The van der Waals surface area contributed by atoms with Crippen LogP contribution in [0.25, 0.3) is 12.7 Å². The molecule has 0 aliphatic rings. The molecule has 0 spiro atoms. The monoisotopic (exact) mass is 200 g/mol. The average Bonchev–Trinajstić information content (AvgIpc) is 2.27. The van der Waals surface area contributed by atoms with Gasteiger partial charge in [0.15, 0.2) is 0 Å². The smallest absolute Gasteiger partial charge is 0.0187 e. The minimum absolute atomic E-state index is 0.594. The van der Waals surface area contributed by atoms with Gasteiger partial charge in [0.2, 0.25) is 0 Å². The molecule has 80 valence electrons. The predicted octanol–water partition coefficient (Wildman–Crippen LogP) is 2.97. The van der Waals surface area contributed by atoms with Crippen LogP contribution in [0.1, 0.15) is 38.7 Å². The van der Waals surface area contributed by atoms with Crippen molar-refractivity contribution in [1.29, 1.82) is 0 Å². The first-order valence-corrected chi connectivity index (χ1v) is 5.61. The van der Waals surface area contributed by atoms with Crippen LogP contribution in [0.5, 0.6) is 0 Å². The van der Waals surface area contributed by atoms with Crippen LogP contribution in [-0.2, 0) is 0 Å². The van der Waals surface area contributed by atoms with Gasteiger partial charge in [0.05, 0.1) is 0 Å². The molecule has 0 heterocycles. The third kappa shape index (κ3) is 2.82. The molecular weight excluding hydrogens is 180 g/mol. The largest absolute Gasteiger partial charge is 0.0909 e. The van der Waals surface area contributed by atoms with Crippen LogP contribution >= 0.6 is 0 Å². The van der Waals surface area contributed by atoms with Crippen LogP contribution in [0, 0.1) is 0 Å². The molecule has 0 fully saturated rings. The SMILES string of the molecule is C=c1c(C(C)CC)ccc/c1=C/C=C\C. The van der Waals surface area contributed by atoms with Crippen molar-refractivity contribution in [1.82, 2.24) is 0 Å². The molecule has 1 aromatic rings. The zero-order valence-corrected chi connectivity index (χ0v) is 9.96. The van der Waals surface area contributed by atoms with E-state index in [9.17, 15) is 0 Å². The van der Waals surface area contributed by atoms with Gasteiger partial charge >= 0.3 is 0 Å². The molecule has 0 aliphatic heterocycles. The van der Waals surface area contributed by atoms with Gasteiger partial charge in [-0.05, 0) is 35.3 Å². The quantitative estimate of drug-likeness (QED) is 0.703. The fourth-order valence-corrected chi connectivity index (χ4v) is 1.66. The molecule has 0 amide bonds. The Bertz CT molecular complexity index is 438. The van der Waals surface area contributed by atoms with Crippen LogP contribution in [0.3, 0.4) is 0 Å². The van der Waals surface area contributed by atoms with Crippen LogP contribution < -0.4 is 10.4 Å². The van der Waals surface area contributed by atoms with Crippen LogP contribution in [0.4, 0.5) is 0 Å². The molecule has 15 heavy (non-hydrogen) atoms. The van der Waals surface area contributed by atoms with Crippen molar-refractivity contribution in [2.24, 2.45) is 0 Å². The summed E-state index contributed by atoms with van der Waals surface area (Å²) in [6.45, 7) is 10.7. The van der Waals surface area contributed by atoms with Gasteiger partial charge in [-0.25, -0.2) is 0 Å². The van der Waals surface area contributed by atoms with Crippen LogP contribution in [-0.4, -0.2) is 0 Å². The number of hydrogen-bond acceptors (Lipinski definition) is 0. The maximum atomic E-state index is 4.18. The zero-order valence-electron chi connectivity index (χ0n) is 9.96. The minimum Gasteiger partial charge on any atom is -0.0909 e. The van der Waals surface area contributed by atoms with Crippen molar-refractivity contribution in [3.05, 3.63) is 46.4 Å². The fraction of sp³-hybridized carbons (Fsp3) is 0.333. The first kappa shape index (κ1) is 11.8. The lowest BCUT2D eigenvalue weighted by Gasteiger charge is -2.09. The summed E-state index contributed by atoms with van der Waals surface area (Å²) >= 11 is 0. The first-order chi connectivity index (χ1) is 7.20. The normalized spacial score (nSPS) is 14.7. The van der Waals surface area contributed by atoms with Crippen molar-refractivity contribution in [3.8, 4) is 0 Å². The summed E-state index contributed by atoms with van der Waals surface area (Å²) in [4.78, 5) is 0. The van der Waals surface area contributed by atoms with Gasteiger partial charge in [-0.15, -0.1) is 0 Å². The topological polar surface area (TPSA) is 0 Å². The highest BCUT2D eigenvalue weighted by atomic mass is 14.1. The Labute approximate surface area is 92.6 Å². The van der Waals surface area contributed by atoms with Gasteiger partial charge in [-0.1, -0.05) is 56.9 Å². The minimum atomic E-state index is 0.594. The van der Waals surface area contributed by atoms with E-state index < -0.39 is 0 Å². The molecule has 1 atom stereocenters. The second kappa shape index (κ2) is 5.55. The number of allylic oxidation sites excluding steroid dienone is 2. The maximum Gasteiger partial charge on any atom is -0.0187 e. The Morgan fingerprint density at radius 1 is 1.40 bits per heavy atom. The standard InChI is InChI=1S/C15H20/c1-5-7-9-14-10-8-11-15(13(14)4)12(3)6-2/h5,7-12H,4,6H2,1-3H3/b7-5-,14-9-. The Kier molecular flexibility index (Phi) is 4.36. The molecule has 1 aromatic carbocycles. The molecule has 0 heteroatoms. The zero-order chi connectivity index (χ0) is 11.3. The summed E-state index contributed by atoms with van der Waals surface area (Å²) in [5, 5.41) is 2.40. The molecule has 1 rings (SSSR count). The highest BCUT2D eigenvalue weighted by Gasteiger charge is 2.02. The highest BCUT2D eigenvalue weighted by Crippen LogP contribution is 2.12. The predicted molar refractivity (Wildman–Crippen MR) is 69.2 cm³/mol. The lowest BCUT2D eigenvalue weighted by Crippen LogP contribution is -2.27. The maximum absolute atomic E-state index is 4.18. The van der Waals surface area contributed by atoms with Crippen molar-refractivity contribution in [3.63, 3.8) is 0 Å². The molecule has 0 N–H and O–H groups in total. The Morgan fingerprint density at radius 3 is 2.73 bits per heavy atom. The number of hydrogen-bond donors (Lipinski definition) is 0. The summed E-state index contributed by atoms with van der Waals surface area (Å²) in [5.41, 5.74) is 1.37. The lowest BCUT2D eigenvalue weighted by atomic mass is 9.96. The molecule has 0 aromatic heterocycles. The van der Waals surface area contributed by atoms with Gasteiger partial charge in [-0.2, -0.15) is 0 Å². The fourth-order valence-electron chi connectivity index (χ4n) is 1.66. The molecule has 0 saturated carbocycles.